The van der Waals surface area contributed by atoms with Gasteiger partial charge in [-0.15, -0.1) is 0 Å². The summed E-state index contributed by atoms with van der Waals surface area (Å²) in [6.45, 7) is 2.03. The van der Waals surface area contributed by atoms with E-state index < -0.39 is 0 Å². The summed E-state index contributed by atoms with van der Waals surface area (Å²) in [6, 6.07) is 10.1. The molecule has 0 aliphatic rings. The molecule has 0 saturated heterocycles. The molecule has 0 bridgehead atoms. The highest BCUT2D eigenvalue weighted by molar-refractivity contribution is 6.33. The van der Waals surface area contributed by atoms with Gasteiger partial charge in [-0.05, 0) is 36.2 Å². The van der Waals surface area contributed by atoms with Gasteiger partial charge in [-0.25, -0.2) is 4.39 Å². The number of nitrogen functional groups attached to an aromatic ring is 1. The molecule has 0 saturated carbocycles. The quantitative estimate of drug-likeness (QED) is 0.853. The summed E-state index contributed by atoms with van der Waals surface area (Å²) in [5.74, 6) is 0.217. The first-order valence-electron chi connectivity index (χ1n) is 5.49. The molecule has 2 rings (SSSR count). The van der Waals surface area contributed by atoms with E-state index in [0.29, 0.717) is 28.6 Å². The van der Waals surface area contributed by atoms with Crippen LogP contribution in [-0.2, 0) is 6.61 Å². The Morgan fingerprint density at radius 2 is 2.00 bits per heavy atom. The van der Waals surface area contributed by atoms with Crippen molar-refractivity contribution in [3.8, 4) is 5.75 Å². The van der Waals surface area contributed by atoms with E-state index in [0.717, 1.165) is 5.56 Å². The standard InChI is InChI=1S/C14H13ClFNO/c1-9-2-4-11(7-13(9)16)18-8-10-3-5-12(15)14(17)6-10/h2-7H,8,17H2,1H3. The molecule has 0 fully saturated rings. The summed E-state index contributed by atoms with van der Waals surface area (Å²) in [5, 5.41) is 0.514. The lowest BCUT2D eigenvalue weighted by Crippen LogP contribution is -1.97. The lowest BCUT2D eigenvalue weighted by atomic mass is 10.2. The number of nitrogens with two attached hydrogens (primary N) is 1. The highest BCUT2D eigenvalue weighted by atomic mass is 35.5. The largest absolute Gasteiger partial charge is 0.489 e. The van der Waals surface area contributed by atoms with Gasteiger partial charge in [0.25, 0.3) is 0 Å². The van der Waals surface area contributed by atoms with E-state index in [1.54, 1.807) is 31.2 Å². The number of anilines is 1. The molecular weight excluding hydrogens is 253 g/mol. The summed E-state index contributed by atoms with van der Waals surface area (Å²) in [7, 11) is 0. The van der Waals surface area contributed by atoms with Crippen LogP contribution in [0.3, 0.4) is 0 Å². The maximum absolute atomic E-state index is 13.3. The van der Waals surface area contributed by atoms with Crippen molar-refractivity contribution in [2.24, 2.45) is 0 Å². The van der Waals surface area contributed by atoms with Crippen molar-refractivity contribution in [3.05, 3.63) is 58.4 Å². The van der Waals surface area contributed by atoms with E-state index >= 15 is 0 Å². The maximum atomic E-state index is 13.3. The Bertz CT molecular complexity index is 520. The highest BCUT2D eigenvalue weighted by Gasteiger charge is 2.02. The van der Waals surface area contributed by atoms with Crippen LogP contribution in [0.5, 0.6) is 5.75 Å². The SMILES string of the molecule is Cc1ccc(OCc2ccc(Cl)c(N)c2)cc1F. The van der Waals surface area contributed by atoms with Gasteiger partial charge in [0.2, 0.25) is 0 Å². The summed E-state index contributed by atoms with van der Waals surface area (Å²) in [5.41, 5.74) is 7.68. The minimum absolute atomic E-state index is 0.275. The molecule has 0 unspecified atom stereocenters. The van der Waals surface area contributed by atoms with Gasteiger partial charge in [-0.3, -0.25) is 0 Å². The molecule has 2 N–H and O–H groups in total. The summed E-state index contributed by atoms with van der Waals surface area (Å²) < 4.78 is 18.8. The predicted octanol–water partition coefficient (Wildman–Crippen LogP) is 3.95. The summed E-state index contributed by atoms with van der Waals surface area (Å²) in [4.78, 5) is 0. The maximum Gasteiger partial charge on any atom is 0.129 e. The lowest BCUT2D eigenvalue weighted by Gasteiger charge is -2.08. The number of rotatable bonds is 3. The van der Waals surface area contributed by atoms with Crippen LogP contribution >= 0.6 is 11.6 Å². The summed E-state index contributed by atoms with van der Waals surface area (Å²) in [6.07, 6.45) is 0. The third-order valence-electron chi connectivity index (χ3n) is 2.61. The minimum atomic E-state index is -0.275. The molecule has 2 aromatic carbocycles. The van der Waals surface area contributed by atoms with E-state index in [1.165, 1.54) is 6.07 Å². The van der Waals surface area contributed by atoms with Crippen molar-refractivity contribution in [3.63, 3.8) is 0 Å². The molecule has 0 heterocycles. The van der Waals surface area contributed by atoms with Crippen LogP contribution in [0, 0.1) is 12.7 Å². The van der Waals surface area contributed by atoms with Gasteiger partial charge in [-0.1, -0.05) is 23.7 Å². The van der Waals surface area contributed by atoms with Crippen LogP contribution in [0.4, 0.5) is 10.1 Å². The van der Waals surface area contributed by atoms with Crippen LogP contribution in [0.25, 0.3) is 0 Å². The van der Waals surface area contributed by atoms with E-state index in [-0.39, 0.29) is 5.82 Å². The van der Waals surface area contributed by atoms with Gasteiger partial charge in [0.1, 0.15) is 18.2 Å². The Morgan fingerprint density at radius 3 is 2.67 bits per heavy atom. The zero-order chi connectivity index (χ0) is 13.1. The molecule has 4 heteroatoms. The van der Waals surface area contributed by atoms with Crippen molar-refractivity contribution in [1.82, 2.24) is 0 Å². The van der Waals surface area contributed by atoms with E-state index in [2.05, 4.69) is 0 Å². The normalized spacial score (nSPS) is 10.4. The lowest BCUT2D eigenvalue weighted by molar-refractivity contribution is 0.304. The molecule has 0 aromatic heterocycles. The smallest absolute Gasteiger partial charge is 0.129 e. The number of benzene rings is 2. The molecule has 18 heavy (non-hydrogen) atoms. The Labute approximate surface area is 110 Å². The number of hydrogen-bond acceptors (Lipinski definition) is 2. The molecular formula is C14H13ClFNO. The van der Waals surface area contributed by atoms with E-state index in [1.807, 2.05) is 6.07 Å². The van der Waals surface area contributed by atoms with Crippen LogP contribution in [0.2, 0.25) is 5.02 Å². The summed E-state index contributed by atoms with van der Waals surface area (Å²) >= 11 is 5.82. The second kappa shape index (κ2) is 5.27. The molecule has 0 aliphatic carbocycles. The highest BCUT2D eigenvalue weighted by Crippen LogP contribution is 2.21. The fourth-order valence-corrected chi connectivity index (χ4v) is 1.63. The Morgan fingerprint density at radius 1 is 1.22 bits per heavy atom. The molecule has 94 valence electrons. The first-order chi connectivity index (χ1) is 8.56. The van der Waals surface area contributed by atoms with Crippen LogP contribution < -0.4 is 10.5 Å². The number of aryl methyl sites for hydroxylation is 1. The molecule has 0 spiro atoms. The number of halogens is 2. The van der Waals surface area contributed by atoms with Crippen LogP contribution in [-0.4, -0.2) is 0 Å². The van der Waals surface area contributed by atoms with Crippen molar-refractivity contribution < 1.29 is 9.13 Å². The van der Waals surface area contributed by atoms with E-state index in [4.69, 9.17) is 22.1 Å². The Balaban J connectivity index is 2.06. The first kappa shape index (κ1) is 12.7. The average molecular weight is 266 g/mol. The fraction of sp³-hybridized carbons (Fsp3) is 0.143. The molecule has 0 atom stereocenters. The van der Waals surface area contributed by atoms with Crippen molar-refractivity contribution in [1.29, 1.82) is 0 Å². The van der Waals surface area contributed by atoms with Gasteiger partial charge in [0.15, 0.2) is 0 Å². The first-order valence-corrected chi connectivity index (χ1v) is 5.87. The second-order valence-corrected chi connectivity index (χ2v) is 4.46. The van der Waals surface area contributed by atoms with Crippen molar-refractivity contribution in [2.45, 2.75) is 13.5 Å². The molecule has 0 amide bonds. The Kier molecular flexibility index (Phi) is 3.72. The molecule has 0 aliphatic heterocycles. The number of hydrogen-bond donors (Lipinski definition) is 1. The fourth-order valence-electron chi connectivity index (χ4n) is 1.51. The number of ether oxygens (including phenoxy) is 1. The zero-order valence-corrected chi connectivity index (χ0v) is 10.7. The zero-order valence-electron chi connectivity index (χ0n) is 9.91. The Hall–Kier alpha value is -1.74. The third kappa shape index (κ3) is 2.93. The third-order valence-corrected chi connectivity index (χ3v) is 2.95. The molecule has 0 radical (unpaired) electrons. The average Bonchev–Trinajstić information content (AvgIpc) is 2.35. The minimum Gasteiger partial charge on any atom is -0.489 e. The van der Waals surface area contributed by atoms with Gasteiger partial charge in [-0.2, -0.15) is 0 Å². The molecule has 2 aromatic rings. The molecule has 2 nitrogen and oxygen atoms in total. The van der Waals surface area contributed by atoms with Crippen molar-refractivity contribution >= 4 is 17.3 Å². The topological polar surface area (TPSA) is 35.2 Å². The van der Waals surface area contributed by atoms with E-state index in [9.17, 15) is 4.39 Å². The van der Waals surface area contributed by atoms with Gasteiger partial charge in [0.05, 0.1) is 10.7 Å². The van der Waals surface area contributed by atoms with Crippen LogP contribution in [0.15, 0.2) is 36.4 Å². The van der Waals surface area contributed by atoms with Gasteiger partial charge < -0.3 is 10.5 Å². The monoisotopic (exact) mass is 265 g/mol. The van der Waals surface area contributed by atoms with Crippen LogP contribution in [0.1, 0.15) is 11.1 Å². The second-order valence-electron chi connectivity index (χ2n) is 4.06. The van der Waals surface area contributed by atoms with Gasteiger partial charge in [0, 0.05) is 6.07 Å². The van der Waals surface area contributed by atoms with Crippen molar-refractivity contribution in [2.75, 3.05) is 5.73 Å². The predicted molar refractivity (Wildman–Crippen MR) is 71.3 cm³/mol. The van der Waals surface area contributed by atoms with Gasteiger partial charge >= 0.3 is 0 Å².